The number of nitrogens with zero attached hydrogens (tertiary/aromatic N) is 5. The Kier molecular flexibility index (Phi) is 5.70. The zero-order valence-corrected chi connectivity index (χ0v) is 19.6. The fraction of sp³-hybridized carbons (Fsp3) is 0.0345. The number of pyridine rings is 3. The molecule has 1 unspecified atom stereocenters. The average Bonchev–Trinajstić information content (AvgIpc) is 3.49. The van der Waals surface area contributed by atoms with Crippen LogP contribution in [0.1, 0.15) is 27.9 Å². The van der Waals surface area contributed by atoms with Gasteiger partial charge in [0.05, 0.1) is 27.6 Å². The van der Waals surface area contributed by atoms with Crippen LogP contribution >= 0.6 is 11.3 Å². The Balaban J connectivity index is 1.71. The maximum absolute atomic E-state index is 5.38. The average molecular weight is 472 g/mol. The van der Waals surface area contributed by atoms with Gasteiger partial charge in [0, 0.05) is 42.2 Å². The van der Waals surface area contributed by atoms with Crippen LogP contribution in [0.5, 0.6) is 0 Å². The van der Waals surface area contributed by atoms with Crippen LogP contribution in [0.4, 0.5) is 5.69 Å². The first-order valence-electron chi connectivity index (χ1n) is 11.3. The lowest BCUT2D eigenvalue weighted by molar-refractivity contribution is 0.738. The first-order chi connectivity index (χ1) is 17.4. The zero-order valence-electron chi connectivity index (χ0n) is 18.8. The van der Waals surface area contributed by atoms with E-state index in [-0.39, 0.29) is 6.17 Å². The molecule has 1 aliphatic heterocycles. The van der Waals surface area contributed by atoms with Gasteiger partial charge in [-0.2, -0.15) is 0 Å². The molecule has 0 bridgehead atoms. The molecular formula is C29H21N5S. The molecule has 0 saturated carbocycles. The van der Waals surface area contributed by atoms with Crippen LogP contribution in [-0.4, -0.2) is 20.7 Å². The summed E-state index contributed by atoms with van der Waals surface area (Å²) in [6.45, 7) is 0. The first kappa shape index (κ1) is 21.1. The van der Waals surface area contributed by atoms with Crippen LogP contribution < -0.4 is 4.90 Å². The molecule has 0 amide bonds. The van der Waals surface area contributed by atoms with E-state index in [1.54, 1.807) is 17.5 Å². The number of thiophene rings is 1. The first-order valence-corrected chi connectivity index (χ1v) is 12.2. The molecule has 0 aliphatic carbocycles. The van der Waals surface area contributed by atoms with E-state index in [2.05, 4.69) is 62.7 Å². The summed E-state index contributed by atoms with van der Waals surface area (Å²) in [6, 6.07) is 28.7. The number of aliphatic imine (C=N–C) groups is 1. The molecule has 35 heavy (non-hydrogen) atoms. The highest BCUT2D eigenvalue weighted by Gasteiger charge is 2.35. The summed E-state index contributed by atoms with van der Waals surface area (Å²) >= 11 is 1.71. The van der Waals surface area contributed by atoms with Gasteiger partial charge in [-0.3, -0.25) is 19.9 Å². The third-order valence-electron chi connectivity index (χ3n) is 5.86. The van der Waals surface area contributed by atoms with Crippen LogP contribution in [0.3, 0.4) is 0 Å². The van der Waals surface area contributed by atoms with Crippen molar-refractivity contribution in [3.8, 4) is 0 Å². The van der Waals surface area contributed by atoms with Crippen molar-refractivity contribution in [1.82, 2.24) is 15.0 Å². The van der Waals surface area contributed by atoms with Crippen molar-refractivity contribution in [2.75, 3.05) is 4.90 Å². The second-order valence-electron chi connectivity index (χ2n) is 8.00. The fourth-order valence-electron chi connectivity index (χ4n) is 4.35. The van der Waals surface area contributed by atoms with E-state index in [9.17, 15) is 0 Å². The minimum atomic E-state index is -0.292. The van der Waals surface area contributed by atoms with Gasteiger partial charge in [-0.05, 0) is 65.5 Å². The molecule has 6 rings (SSSR count). The maximum atomic E-state index is 5.38. The summed E-state index contributed by atoms with van der Waals surface area (Å²) < 4.78 is 0. The molecule has 0 spiro atoms. The molecule has 1 aliphatic rings. The largest absolute Gasteiger partial charge is 0.313 e. The lowest BCUT2D eigenvalue weighted by Crippen LogP contribution is -2.33. The molecule has 4 aromatic heterocycles. The Labute approximate surface area is 207 Å². The molecule has 0 fully saturated rings. The molecule has 1 atom stereocenters. The molecule has 1 aromatic carbocycles. The van der Waals surface area contributed by atoms with Crippen molar-refractivity contribution in [1.29, 1.82) is 0 Å². The van der Waals surface area contributed by atoms with E-state index in [0.717, 1.165) is 44.4 Å². The number of anilines is 1. The second kappa shape index (κ2) is 9.44. The monoisotopic (exact) mass is 471 g/mol. The Morgan fingerprint density at radius 2 is 1.57 bits per heavy atom. The molecule has 6 heteroatoms. The lowest BCUT2D eigenvalue weighted by Gasteiger charge is -2.38. The number of rotatable bonds is 5. The van der Waals surface area contributed by atoms with Gasteiger partial charge >= 0.3 is 0 Å². The third kappa shape index (κ3) is 4.05. The fourth-order valence-corrected chi connectivity index (χ4v) is 5.12. The standard InChI is InChI=1S/C29H21N5S/c1-2-9-23(10-3-1)34-28(25-12-7-19-35-25)26(24-11-4-5-16-32-24)27(22-8-6-15-31-20-22)33-29(34)21-13-17-30-18-14-21/h1-20,29H. The van der Waals surface area contributed by atoms with Gasteiger partial charge in [0.1, 0.15) is 0 Å². The van der Waals surface area contributed by atoms with Crippen molar-refractivity contribution in [2.45, 2.75) is 6.17 Å². The van der Waals surface area contributed by atoms with Gasteiger partial charge < -0.3 is 4.90 Å². The smallest absolute Gasteiger partial charge is 0.152 e. The number of allylic oxidation sites excluding steroid dienone is 1. The predicted molar refractivity (Wildman–Crippen MR) is 142 cm³/mol. The van der Waals surface area contributed by atoms with E-state index >= 15 is 0 Å². The lowest BCUT2D eigenvalue weighted by atomic mass is 9.93. The highest BCUT2D eigenvalue weighted by Crippen LogP contribution is 2.45. The highest BCUT2D eigenvalue weighted by atomic mass is 32.1. The van der Waals surface area contributed by atoms with Crippen molar-refractivity contribution in [2.24, 2.45) is 4.99 Å². The SMILES string of the molecule is c1ccc(N2C(c3cccs3)=C(c3ccccn3)C(c3cccnc3)=NC2c2ccncc2)cc1. The molecular weight excluding hydrogens is 450 g/mol. The van der Waals surface area contributed by atoms with Gasteiger partial charge in [0.25, 0.3) is 0 Å². The van der Waals surface area contributed by atoms with Gasteiger partial charge in [0.15, 0.2) is 6.17 Å². The Morgan fingerprint density at radius 3 is 2.29 bits per heavy atom. The summed E-state index contributed by atoms with van der Waals surface area (Å²) in [5, 5.41) is 2.11. The van der Waals surface area contributed by atoms with Crippen molar-refractivity contribution in [3.05, 3.63) is 143 Å². The van der Waals surface area contributed by atoms with E-state index in [0.29, 0.717) is 0 Å². The molecule has 0 saturated heterocycles. The minimum absolute atomic E-state index is 0.292. The minimum Gasteiger partial charge on any atom is -0.313 e. The van der Waals surface area contributed by atoms with Crippen molar-refractivity contribution >= 4 is 34.0 Å². The quantitative estimate of drug-likeness (QED) is 0.293. The number of aromatic nitrogens is 3. The van der Waals surface area contributed by atoms with Crippen LogP contribution in [-0.2, 0) is 0 Å². The molecule has 168 valence electrons. The van der Waals surface area contributed by atoms with Gasteiger partial charge in [0.2, 0.25) is 0 Å². The topological polar surface area (TPSA) is 54.3 Å². The molecule has 0 radical (unpaired) electrons. The molecule has 5 heterocycles. The molecule has 5 nitrogen and oxygen atoms in total. The summed E-state index contributed by atoms with van der Waals surface area (Å²) in [5.41, 5.74) is 6.85. The van der Waals surface area contributed by atoms with Crippen LogP contribution in [0.25, 0.3) is 11.3 Å². The van der Waals surface area contributed by atoms with E-state index in [1.165, 1.54) is 0 Å². The summed E-state index contributed by atoms with van der Waals surface area (Å²) in [7, 11) is 0. The summed E-state index contributed by atoms with van der Waals surface area (Å²) in [6.07, 6.45) is 8.84. The van der Waals surface area contributed by atoms with E-state index < -0.39 is 0 Å². The van der Waals surface area contributed by atoms with Gasteiger partial charge in [-0.25, -0.2) is 0 Å². The molecule has 5 aromatic rings. The van der Waals surface area contributed by atoms with Crippen LogP contribution in [0, 0.1) is 0 Å². The van der Waals surface area contributed by atoms with Gasteiger partial charge in [-0.15, -0.1) is 11.3 Å². The van der Waals surface area contributed by atoms with Gasteiger partial charge in [-0.1, -0.05) is 30.3 Å². The van der Waals surface area contributed by atoms with Crippen molar-refractivity contribution < 1.29 is 0 Å². The van der Waals surface area contributed by atoms with Crippen LogP contribution in [0.2, 0.25) is 0 Å². The van der Waals surface area contributed by atoms with E-state index in [4.69, 9.17) is 9.98 Å². The predicted octanol–water partition coefficient (Wildman–Crippen LogP) is 6.51. The number of para-hydroxylation sites is 1. The zero-order chi connectivity index (χ0) is 23.5. The van der Waals surface area contributed by atoms with Crippen molar-refractivity contribution in [3.63, 3.8) is 0 Å². The summed E-state index contributed by atoms with van der Waals surface area (Å²) in [5.74, 6) is 0. The second-order valence-corrected chi connectivity index (χ2v) is 8.94. The molecule has 0 N–H and O–H groups in total. The number of benzene rings is 1. The number of hydrogen-bond donors (Lipinski definition) is 0. The summed E-state index contributed by atoms with van der Waals surface area (Å²) in [4.78, 5) is 22.3. The highest BCUT2D eigenvalue weighted by molar-refractivity contribution is 7.11. The number of hydrogen-bond acceptors (Lipinski definition) is 6. The Bertz CT molecular complexity index is 1470. The van der Waals surface area contributed by atoms with Crippen LogP contribution in [0.15, 0.2) is 126 Å². The Hall–Kier alpha value is -4.42. The normalized spacial score (nSPS) is 15.7. The van der Waals surface area contributed by atoms with E-state index in [1.807, 2.05) is 67.3 Å². The maximum Gasteiger partial charge on any atom is 0.152 e. The third-order valence-corrected chi connectivity index (χ3v) is 6.74. The Morgan fingerprint density at radius 1 is 0.714 bits per heavy atom.